The Balaban J connectivity index is 2.44. The molecule has 0 aromatic rings. The molecule has 13 heavy (non-hydrogen) atoms. The maximum absolute atomic E-state index is 11.1. The molecule has 0 saturated carbocycles. The first-order valence-electron chi connectivity index (χ1n) is 4.72. The Labute approximate surface area is 79.3 Å². The molecule has 0 spiro atoms. The molecule has 0 saturated heterocycles. The summed E-state index contributed by atoms with van der Waals surface area (Å²) < 4.78 is 5.27. The number of rotatable bonds is 2. The Bertz CT molecular complexity index is 228. The van der Waals surface area contributed by atoms with Gasteiger partial charge in [0.25, 0.3) is 0 Å². The molecular weight excluding hydrogens is 164 g/mol. The van der Waals surface area contributed by atoms with Crippen molar-refractivity contribution in [1.82, 2.24) is 0 Å². The molecule has 0 aliphatic heterocycles. The number of esters is 1. The van der Waals surface area contributed by atoms with E-state index in [0.717, 1.165) is 12.8 Å². The minimum absolute atomic E-state index is 0.0636. The fourth-order valence-electron chi connectivity index (χ4n) is 1.41. The van der Waals surface area contributed by atoms with Crippen LogP contribution in [0, 0.1) is 5.92 Å². The SMILES string of the molecule is C/C=C/C(=O)OC1CC=CCC1C. The van der Waals surface area contributed by atoms with Gasteiger partial charge in [-0.2, -0.15) is 0 Å². The minimum Gasteiger partial charge on any atom is -0.459 e. The van der Waals surface area contributed by atoms with Gasteiger partial charge in [-0.3, -0.25) is 0 Å². The second-order valence-electron chi connectivity index (χ2n) is 3.40. The maximum Gasteiger partial charge on any atom is 0.330 e. The van der Waals surface area contributed by atoms with Gasteiger partial charge in [-0.1, -0.05) is 25.2 Å². The lowest BCUT2D eigenvalue weighted by atomic mass is 9.93. The zero-order chi connectivity index (χ0) is 9.68. The molecule has 1 aliphatic rings. The highest BCUT2D eigenvalue weighted by Gasteiger charge is 2.20. The Morgan fingerprint density at radius 3 is 2.77 bits per heavy atom. The van der Waals surface area contributed by atoms with Crippen molar-refractivity contribution >= 4 is 5.97 Å². The summed E-state index contributed by atoms with van der Waals surface area (Å²) in [7, 11) is 0. The molecular formula is C11H16O2. The largest absolute Gasteiger partial charge is 0.459 e. The first-order valence-corrected chi connectivity index (χ1v) is 4.72. The number of allylic oxidation sites excluding steroid dienone is 2. The van der Waals surface area contributed by atoms with Crippen LogP contribution in [-0.4, -0.2) is 12.1 Å². The van der Waals surface area contributed by atoms with E-state index in [0.29, 0.717) is 5.92 Å². The van der Waals surface area contributed by atoms with Crippen molar-refractivity contribution in [2.24, 2.45) is 5.92 Å². The van der Waals surface area contributed by atoms with Gasteiger partial charge in [0, 0.05) is 12.5 Å². The van der Waals surface area contributed by atoms with E-state index in [9.17, 15) is 4.79 Å². The number of carbonyl (C=O) groups is 1. The molecule has 72 valence electrons. The van der Waals surface area contributed by atoms with Crippen LogP contribution < -0.4 is 0 Å². The molecule has 2 heteroatoms. The van der Waals surface area contributed by atoms with Gasteiger partial charge < -0.3 is 4.74 Å². The Kier molecular flexibility index (Phi) is 3.74. The lowest BCUT2D eigenvalue weighted by molar-refractivity contribution is -0.145. The van der Waals surface area contributed by atoms with Crippen molar-refractivity contribution in [3.05, 3.63) is 24.3 Å². The van der Waals surface area contributed by atoms with Crippen molar-refractivity contribution in [2.45, 2.75) is 32.8 Å². The summed E-state index contributed by atoms with van der Waals surface area (Å²) in [6.07, 6.45) is 9.31. The highest BCUT2D eigenvalue weighted by atomic mass is 16.5. The number of carbonyl (C=O) groups excluding carboxylic acids is 1. The molecule has 0 heterocycles. The van der Waals surface area contributed by atoms with E-state index >= 15 is 0 Å². The molecule has 0 aromatic heterocycles. The van der Waals surface area contributed by atoms with E-state index in [-0.39, 0.29) is 12.1 Å². The molecule has 0 bridgehead atoms. The fraction of sp³-hybridized carbons (Fsp3) is 0.545. The van der Waals surface area contributed by atoms with Crippen LogP contribution in [0.4, 0.5) is 0 Å². The van der Waals surface area contributed by atoms with E-state index in [1.165, 1.54) is 6.08 Å². The Hall–Kier alpha value is -1.05. The zero-order valence-corrected chi connectivity index (χ0v) is 8.19. The molecule has 1 rings (SSSR count). The van der Waals surface area contributed by atoms with Crippen LogP contribution in [0.25, 0.3) is 0 Å². The normalized spacial score (nSPS) is 27.8. The van der Waals surface area contributed by atoms with Gasteiger partial charge in [-0.25, -0.2) is 4.79 Å². The summed E-state index contributed by atoms with van der Waals surface area (Å²) in [5.41, 5.74) is 0. The standard InChI is InChI=1S/C11H16O2/c1-3-6-11(12)13-10-8-5-4-7-9(10)2/h3-6,9-10H,7-8H2,1-2H3/b6-3+. The zero-order valence-electron chi connectivity index (χ0n) is 8.19. The second kappa shape index (κ2) is 4.85. The highest BCUT2D eigenvalue weighted by molar-refractivity contribution is 5.81. The second-order valence-corrected chi connectivity index (χ2v) is 3.40. The van der Waals surface area contributed by atoms with Gasteiger partial charge in [-0.15, -0.1) is 0 Å². The molecule has 0 radical (unpaired) electrons. The molecule has 0 fully saturated rings. The van der Waals surface area contributed by atoms with Crippen molar-refractivity contribution in [2.75, 3.05) is 0 Å². The van der Waals surface area contributed by atoms with Crippen LogP contribution >= 0.6 is 0 Å². The average Bonchev–Trinajstić information content (AvgIpc) is 2.09. The first kappa shape index (κ1) is 10.0. The first-order chi connectivity index (χ1) is 6.24. The summed E-state index contributed by atoms with van der Waals surface area (Å²) in [4.78, 5) is 11.1. The van der Waals surface area contributed by atoms with Crippen molar-refractivity contribution in [1.29, 1.82) is 0 Å². The van der Waals surface area contributed by atoms with Gasteiger partial charge in [0.1, 0.15) is 6.10 Å². The highest BCUT2D eigenvalue weighted by Crippen LogP contribution is 2.21. The van der Waals surface area contributed by atoms with Crippen molar-refractivity contribution in [3.63, 3.8) is 0 Å². The average molecular weight is 180 g/mol. The lowest BCUT2D eigenvalue weighted by Gasteiger charge is -2.24. The Morgan fingerprint density at radius 1 is 1.46 bits per heavy atom. The van der Waals surface area contributed by atoms with E-state index in [1.807, 2.05) is 6.92 Å². The molecule has 0 amide bonds. The van der Waals surface area contributed by atoms with E-state index < -0.39 is 0 Å². The van der Waals surface area contributed by atoms with E-state index in [4.69, 9.17) is 4.74 Å². The van der Waals surface area contributed by atoms with E-state index in [2.05, 4.69) is 19.1 Å². The van der Waals surface area contributed by atoms with Gasteiger partial charge in [0.15, 0.2) is 0 Å². The molecule has 0 N–H and O–H groups in total. The maximum atomic E-state index is 11.1. The number of hydrogen-bond acceptors (Lipinski definition) is 2. The minimum atomic E-state index is -0.227. The smallest absolute Gasteiger partial charge is 0.330 e. The summed E-state index contributed by atoms with van der Waals surface area (Å²) in [6.45, 7) is 3.92. The fourth-order valence-corrected chi connectivity index (χ4v) is 1.41. The van der Waals surface area contributed by atoms with Crippen molar-refractivity contribution < 1.29 is 9.53 Å². The Morgan fingerprint density at radius 2 is 2.15 bits per heavy atom. The molecule has 2 atom stereocenters. The van der Waals surface area contributed by atoms with E-state index in [1.54, 1.807) is 6.08 Å². The molecule has 2 nitrogen and oxygen atoms in total. The third kappa shape index (κ3) is 3.05. The lowest BCUT2D eigenvalue weighted by Crippen LogP contribution is -2.25. The summed E-state index contributed by atoms with van der Waals surface area (Å²) >= 11 is 0. The van der Waals surface area contributed by atoms with Crippen LogP contribution in [0.1, 0.15) is 26.7 Å². The molecule has 0 aromatic carbocycles. The topological polar surface area (TPSA) is 26.3 Å². The van der Waals surface area contributed by atoms with Crippen LogP contribution in [0.5, 0.6) is 0 Å². The summed E-state index contributed by atoms with van der Waals surface area (Å²) in [5, 5.41) is 0. The van der Waals surface area contributed by atoms with Gasteiger partial charge in [-0.05, 0) is 19.3 Å². The quantitative estimate of drug-likeness (QED) is 0.370. The monoisotopic (exact) mass is 180 g/mol. The predicted octanol–water partition coefficient (Wildman–Crippen LogP) is 2.46. The van der Waals surface area contributed by atoms with Crippen LogP contribution in [0.2, 0.25) is 0 Å². The van der Waals surface area contributed by atoms with Gasteiger partial charge >= 0.3 is 5.97 Å². The summed E-state index contributed by atoms with van der Waals surface area (Å²) in [5.74, 6) is 0.217. The number of ether oxygens (including phenoxy) is 1. The van der Waals surface area contributed by atoms with Crippen molar-refractivity contribution in [3.8, 4) is 0 Å². The predicted molar refractivity (Wildman–Crippen MR) is 52.2 cm³/mol. The summed E-state index contributed by atoms with van der Waals surface area (Å²) in [6, 6.07) is 0. The van der Waals surface area contributed by atoms with Crippen LogP contribution in [-0.2, 0) is 9.53 Å². The van der Waals surface area contributed by atoms with Crippen LogP contribution in [0.15, 0.2) is 24.3 Å². The van der Waals surface area contributed by atoms with Gasteiger partial charge in [0.2, 0.25) is 0 Å². The third-order valence-corrected chi connectivity index (χ3v) is 2.25. The van der Waals surface area contributed by atoms with Crippen LogP contribution in [0.3, 0.4) is 0 Å². The molecule has 1 aliphatic carbocycles. The third-order valence-electron chi connectivity index (χ3n) is 2.25. The van der Waals surface area contributed by atoms with Gasteiger partial charge in [0.05, 0.1) is 0 Å². The number of hydrogen-bond donors (Lipinski definition) is 0. The molecule has 2 unspecified atom stereocenters.